The average molecular weight is 616 g/mol. The van der Waals surface area contributed by atoms with Crippen LogP contribution >= 0.6 is 11.3 Å². The van der Waals surface area contributed by atoms with E-state index in [0.717, 1.165) is 29.9 Å². The number of thiazole rings is 1. The van der Waals surface area contributed by atoms with Crippen molar-refractivity contribution in [3.63, 3.8) is 0 Å². The molecule has 1 atom stereocenters. The first-order chi connectivity index (χ1) is 21.2. The zero-order valence-corrected chi connectivity index (χ0v) is 26.1. The fourth-order valence-electron chi connectivity index (χ4n) is 5.15. The molecule has 0 bridgehead atoms. The number of carbonyl (C=O) groups is 2. The number of hydrogen-bond donors (Lipinski definition) is 1. The molecule has 1 aliphatic rings. The summed E-state index contributed by atoms with van der Waals surface area (Å²) in [6.07, 6.45) is 3.67. The lowest BCUT2D eigenvalue weighted by Gasteiger charge is -2.31. The first kappa shape index (κ1) is 31.4. The first-order valence-electron chi connectivity index (χ1n) is 14.8. The Kier molecular flexibility index (Phi) is 10.1. The average Bonchev–Trinajstić information content (AvgIpc) is 3.48. The van der Waals surface area contributed by atoms with Crippen molar-refractivity contribution < 1.29 is 18.7 Å². The van der Waals surface area contributed by atoms with Crippen molar-refractivity contribution in [1.82, 2.24) is 20.2 Å². The maximum absolute atomic E-state index is 14.4. The van der Waals surface area contributed by atoms with E-state index in [1.807, 2.05) is 35.7 Å². The molecular weight excluding hydrogens is 577 g/mol. The van der Waals surface area contributed by atoms with Gasteiger partial charge in [-0.15, -0.1) is 11.3 Å². The van der Waals surface area contributed by atoms with Crippen LogP contribution < -0.4 is 10.2 Å². The fourth-order valence-corrected chi connectivity index (χ4v) is 5.89. The summed E-state index contributed by atoms with van der Waals surface area (Å²) in [6.45, 7) is 10.2. The van der Waals surface area contributed by atoms with E-state index in [2.05, 4.69) is 36.0 Å². The third-order valence-corrected chi connectivity index (χ3v) is 8.44. The molecular formula is C34H38FN5O3S. The monoisotopic (exact) mass is 615 g/mol. The quantitative estimate of drug-likeness (QED) is 0.252. The van der Waals surface area contributed by atoms with Gasteiger partial charge in [-0.3, -0.25) is 24.4 Å². The number of halogens is 1. The number of nitrogens with zero attached hydrogens (tertiary/aromatic N) is 4. The van der Waals surface area contributed by atoms with Crippen molar-refractivity contribution in [3.05, 3.63) is 112 Å². The van der Waals surface area contributed by atoms with E-state index < -0.39 is 6.04 Å². The van der Waals surface area contributed by atoms with Crippen LogP contribution in [0.2, 0.25) is 0 Å². The summed E-state index contributed by atoms with van der Waals surface area (Å²) in [6, 6.07) is 16.6. The minimum Gasteiger partial charge on any atom is -0.379 e. The summed E-state index contributed by atoms with van der Waals surface area (Å²) in [5.74, 6) is -1.07. The number of benzene rings is 2. The highest BCUT2D eigenvalue weighted by atomic mass is 32.1. The molecule has 1 aliphatic heterocycles. The van der Waals surface area contributed by atoms with Gasteiger partial charge in [0.15, 0.2) is 5.01 Å². The van der Waals surface area contributed by atoms with Gasteiger partial charge in [0.2, 0.25) is 5.91 Å². The van der Waals surface area contributed by atoms with Gasteiger partial charge in [-0.1, -0.05) is 51.1 Å². The Labute approximate surface area is 261 Å². The fraction of sp³-hybridized carbons (Fsp3) is 0.353. The summed E-state index contributed by atoms with van der Waals surface area (Å²) >= 11 is 1.27. The molecule has 44 heavy (non-hydrogen) atoms. The second kappa shape index (κ2) is 14.2. The SMILES string of the molecule is CC(C)(C)c1ccc(N(C(=O)c2nc(CN3CCOCC3)cs2)C(C(=O)NCCc2cccc(F)c2)c2cccnc2)cc1. The first-order valence-corrected chi connectivity index (χ1v) is 15.7. The molecule has 10 heteroatoms. The number of anilines is 1. The number of aromatic nitrogens is 2. The van der Waals surface area contributed by atoms with E-state index in [4.69, 9.17) is 9.72 Å². The Morgan fingerprint density at radius 1 is 1.09 bits per heavy atom. The number of pyridine rings is 1. The molecule has 2 aromatic carbocycles. The number of amides is 2. The lowest BCUT2D eigenvalue weighted by molar-refractivity contribution is -0.122. The molecule has 0 aliphatic carbocycles. The van der Waals surface area contributed by atoms with Crippen LogP contribution in [0.3, 0.4) is 0 Å². The van der Waals surface area contributed by atoms with Crippen LogP contribution in [0.1, 0.15) is 59.0 Å². The van der Waals surface area contributed by atoms with Crippen molar-refractivity contribution >= 4 is 28.8 Å². The van der Waals surface area contributed by atoms with Gasteiger partial charge in [-0.05, 0) is 53.3 Å². The van der Waals surface area contributed by atoms with Crippen LogP contribution in [-0.4, -0.2) is 59.5 Å². The number of rotatable bonds is 10. The highest BCUT2D eigenvalue weighted by Gasteiger charge is 2.35. The Morgan fingerprint density at radius 2 is 1.86 bits per heavy atom. The zero-order chi connectivity index (χ0) is 31.1. The van der Waals surface area contributed by atoms with Crippen molar-refractivity contribution in [2.75, 3.05) is 37.7 Å². The van der Waals surface area contributed by atoms with Crippen molar-refractivity contribution in [3.8, 4) is 0 Å². The van der Waals surface area contributed by atoms with Crippen molar-refractivity contribution in [2.45, 2.75) is 45.2 Å². The van der Waals surface area contributed by atoms with Gasteiger partial charge in [-0.2, -0.15) is 0 Å². The molecule has 1 saturated heterocycles. The van der Waals surface area contributed by atoms with E-state index in [1.165, 1.54) is 28.4 Å². The van der Waals surface area contributed by atoms with Gasteiger partial charge in [-0.25, -0.2) is 9.37 Å². The van der Waals surface area contributed by atoms with Crippen LogP contribution in [0.25, 0.3) is 0 Å². The summed E-state index contributed by atoms with van der Waals surface area (Å²) in [4.78, 5) is 41.1. The second-order valence-corrected chi connectivity index (χ2v) is 12.7. The van der Waals surface area contributed by atoms with E-state index in [9.17, 15) is 14.0 Å². The van der Waals surface area contributed by atoms with Gasteiger partial charge in [0.05, 0.1) is 18.9 Å². The van der Waals surface area contributed by atoms with Crippen LogP contribution in [-0.2, 0) is 27.9 Å². The van der Waals surface area contributed by atoms with Crippen molar-refractivity contribution in [1.29, 1.82) is 0 Å². The topological polar surface area (TPSA) is 87.7 Å². The normalized spacial score (nSPS) is 14.6. The Balaban J connectivity index is 1.47. The lowest BCUT2D eigenvalue weighted by atomic mass is 9.87. The smallest absolute Gasteiger partial charge is 0.288 e. The zero-order valence-electron chi connectivity index (χ0n) is 25.3. The minimum atomic E-state index is -1.02. The number of ether oxygens (including phenoxy) is 1. The van der Waals surface area contributed by atoms with Gasteiger partial charge >= 0.3 is 0 Å². The Bertz CT molecular complexity index is 1550. The molecule has 0 radical (unpaired) electrons. The Morgan fingerprint density at radius 3 is 2.55 bits per heavy atom. The molecule has 0 saturated carbocycles. The van der Waals surface area contributed by atoms with E-state index in [0.29, 0.717) is 42.4 Å². The standard InChI is InChI=1S/C34H38FN5O3S/c1-34(2,3)26-9-11-29(12-10-26)40(33(42)32-38-28(23-44-32)22-39-16-18-43-19-17-39)30(25-7-5-14-36-21-25)31(41)37-15-13-24-6-4-8-27(35)20-24/h4-12,14,20-21,23,30H,13,15-19,22H2,1-3H3,(H,37,41). The molecule has 8 nitrogen and oxygen atoms in total. The predicted octanol–water partition coefficient (Wildman–Crippen LogP) is 5.55. The number of hydrogen-bond acceptors (Lipinski definition) is 7. The Hall–Kier alpha value is -3.99. The van der Waals surface area contributed by atoms with E-state index in [1.54, 1.807) is 30.6 Å². The van der Waals surface area contributed by atoms with E-state index in [-0.39, 0.29) is 29.6 Å². The summed E-state index contributed by atoms with van der Waals surface area (Å²) < 4.78 is 19.2. The molecule has 1 unspecified atom stereocenters. The third kappa shape index (κ3) is 7.93. The maximum Gasteiger partial charge on any atom is 0.288 e. The lowest BCUT2D eigenvalue weighted by Crippen LogP contribution is -2.44. The summed E-state index contributed by atoms with van der Waals surface area (Å²) in [5.41, 5.74) is 3.73. The second-order valence-electron chi connectivity index (χ2n) is 11.9. The van der Waals surface area contributed by atoms with Crippen LogP contribution in [0, 0.1) is 5.82 Å². The molecule has 230 valence electrons. The van der Waals surface area contributed by atoms with Crippen molar-refractivity contribution in [2.24, 2.45) is 0 Å². The van der Waals surface area contributed by atoms with Gasteiger partial charge in [0.1, 0.15) is 11.9 Å². The number of nitrogens with one attached hydrogen (secondary N) is 1. The molecule has 4 aromatic rings. The predicted molar refractivity (Wildman–Crippen MR) is 170 cm³/mol. The molecule has 2 amide bonds. The van der Waals surface area contributed by atoms with Gasteiger partial charge < -0.3 is 10.1 Å². The molecule has 5 rings (SSSR count). The van der Waals surface area contributed by atoms with Crippen LogP contribution in [0.4, 0.5) is 10.1 Å². The highest BCUT2D eigenvalue weighted by molar-refractivity contribution is 7.11. The minimum absolute atomic E-state index is 0.0892. The largest absolute Gasteiger partial charge is 0.379 e. The van der Waals surface area contributed by atoms with Gasteiger partial charge in [0, 0.05) is 55.2 Å². The molecule has 1 N–H and O–H groups in total. The summed E-state index contributed by atoms with van der Waals surface area (Å²) in [7, 11) is 0. The van der Waals surface area contributed by atoms with Crippen LogP contribution in [0.5, 0.6) is 0 Å². The molecule has 1 fully saturated rings. The maximum atomic E-state index is 14.4. The molecule has 0 spiro atoms. The van der Waals surface area contributed by atoms with Crippen LogP contribution in [0.15, 0.2) is 78.4 Å². The van der Waals surface area contributed by atoms with E-state index >= 15 is 0 Å². The third-order valence-electron chi connectivity index (χ3n) is 7.56. The molecule has 3 heterocycles. The van der Waals surface area contributed by atoms with Gasteiger partial charge in [0.25, 0.3) is 5.91 Å². The number of carbonyl (C=O) groups excluding carboxylic acids is 2. The number of morpholine rings is 1. The molecule has 2 aromatic heterocycles. The summed E-state index contributed by atoms with van der Waals surface area (Å²) in [5, 5.41) is 5.19. The highest BCUT2D eigenvalue weighted by Crippen LogP contribution is 2.32.